The van der Waals surface area contributed by atoms with Crippen LogP contribution in [0, 0.1) is 0 Å². The second-order valence-corrected chi connectivity index (χ2v) is 5.87. The molecule has 23 heavy (non-hydrogen) atoms. The molecule has 5 nitrogen and oxygen atoms in total. The van der Waals surface area contributed by atoms with Crippen LogP contribution in [-0.2, 0) is 9.59 Å². The van der Waals surface area contributed by atoms with E-state index < -0.39 is 5.54 Å². The zero-order valence-electron chi connectivity index (χ0n) is 12.1. The molecule has 2 aromatic heterocycles. The summed E-state index contributed by atoms with van der Waals surface area (Å²) in [6, 6.07) is 1.87. The van der Waals surface area contributed by atoms with E-state index in [0.717, 1.165) is 27.7 Å². The summed E-state index contributed by atoms with van der Waals surface area (Å²) in [5, 5.41) is 0.923. The van der Waals surface area contributed by atoms with Crippen LogP contribution in [0.15, 0.2) is 55.2 Å². The number of allylic oxidation sites excluding steroid dienone is 3. The standard InChI is InChI=1S/C18H11N3O2/c22-11-7-13-12-3-5-20-14-9-19-10-15(17(12)14)21-6-2-1-4-18(13,21)16(23)8-11/h1-7,9-10H,8H2. The van der Waals surface area contributed by atoms with Crippen molar-refractivity contribution in [1.82, 2.24) is 9.97 Å². The van der Waals surface area contributed by atoms with Gasteiger partial charge >= 0.3 is 0 Å². The van der Waals surface area contributed by atoms with E-state index in [0.29, 0.717) is 0 Å². The van der Waals surface area contributed by atoms with Gasteiger partial charge in [0.15, 0.2) is 11.6 Å². The first kappa shape index (κ1) is 12.5. The van der Waals surface area contributed by atoms with Crippen LogP contribution < -0.4 is 4.90 Å². The van der Waals surface area contributed by atoms with Crippen molar-refractivity contribution in [2.75, 3.05) is 4.90 Å². The highest BCUT2D eigenvalue weighted by atomic mass is 16.2. The van der Waals surface area contributed by atoms with Crippen molar-refractivity contribution in [2.24, 2.45) is 0 Å². The molecule has 0 saturated heterocycles. The van der Waals surface area contributed by atoms with Crippen molar-refractivity contribution >= 4 is 33.7 Å². The maximum absolute atomic E-state index is 12.9. The van der Waals surface area contributed by atoms with Gasteiger partial charge in [-0.2, -0.15) is 0 Å². The van der Waals surface area contributed by atoms with Crippen LogP contribution in [0.25, 0.3) is 16.5 Å². The van der Waals surface area contributed by atoms with Crippen LogP contribution in [0.1, 0.15) is 12.0 Å². The second kappa shape index (κ2) is 4.01. The van der Waals surface area contributed by atoms with Gasteiger partial charge in [0, 0.05) is 23.4 Å². The van der Waals surface area contributed by atoms with Crippen LogP contribution in [0.3, 0.4) is 0 Å². The Kier molecular flexibility index (Phi) is 2.17. The van der Waals surface area contributed by atoms with Crippen LogP contribution in [-0.4, -0.2) is 27.1 Å². The summed E-state index contributed by atoms with van der Waals surface area (Å²) >= 11 is 0. The lowest BCUT2D eigenvalue weighted by atomic mass is 9.70. The zero-order valence-corrected chi connectivity index (χ0v) is 12.1. The number of hydrogen-bond donors (Lipinski definition) is 0. The van der Waals surface area contributed by atoms with Gasteiger partial charge in [0.2, 0.25) is 0 Å². The maximum Gasteiger partial charge on any atom is 0.175 e. The number of hydrogen-bond acceptors (Lipinski definition) is 5. The number of aromatic nitrogens is 2. The Morgan fingerprint density at radius 2 is 2.09 bits per heavy atom. The summed E-state index contributed by atoms with van der Waals surface area (Å²) in [6.45, 7) is 0. The van der Waals surface area contributed by atoms with Gasteiger partial charge in [-0.05, 0) is 29.9 Å². The number of pyridine rings is 2. The molecule has 5 heteroatoms. The van der Waals surface area contributed by atoms with Crippen molar-refractivity contribution in [1.29, 1.82) is 0 Å². The van der Waals surface area contributed by atoms with Crippen LogP contribution in [0.2, 0.25) is 0 Å². The summed E-state index contributed by atoms with van der Waals surface area (Å²) in [4.78, 5) is 35.5. The SMILES string of the molecule is O=C1C=C2c3ccnc4cncc(c34)N3C=CC=CC23C(=O)C1. The number of Topliss-reactive ketones (excluding diaryl/α,β-unsaturated/α-hetero) is 1. The average Bonchev–Trinajstić information content (AvgIpc) is 2.57. The van der Waals surface area contributed by atoms with Crippen molar-refractivity contribution in [2.45, 2.75) is 12.0 Å². The Bertz CT molecular complexity index is 997. The molecule has 110 valence electrons. The maximum atomic E-state index is 12.9. The Morgan fingerprint density at radius 1 is 1.17 bits per heavy atom. The minimum absolute atomic E-state index is 0.0813. The number of nitrogens with zero attached hydrogens (tertiary/aromatic N) is 3. The van der Waals surface area contributed by atoms with Gasteiger partial charge in [-0.25, -0.2) is 0 Å². The van der Waals surface area contributed by atoms with E-state index in [-0.39, 0.29) is 18.0 Å². The molecule has 2 aromatic rings. The summed E-state index contributed by atoms with van der Waals surface area (Å²) < 4.78 is 0. The Balaban J connectivity index is 2.00. The molecule has 0 N–H and O–H groups in total. The number of fused-ring (bicyclic) bond motifs is 2. The van der Waals surface area contributed by atoms with E-state index in [9.17, 15) is 9.59 Å². The number of carbonyl (C=O) groups excluding carboxylic acids is 2. The van der Waals surface area contributed by atoms with E-state index in [4.69, 9.17) is 0 Å². The monoisotopic (exact) mass is 301 g/mol. The Labute approximate surface area is 131 Å². The molecule has 0 amide bonds. The van der Waals surface area contributed by atoms with Gasteiger partial charge in [-0.15, -0.1) is 0 Å². The van der Waals surface area contributed by atoms with Gasteiger partial charge in [0.1, 0.15) is 5.54 Å². The van der Waals surface area contributed by atoms with E-state index in [1.165, 1.54) is 0 Å². The Hall–Kier alpha value is -3.08. The van der Waals surface area contributed by atoms with Crippen LogP contribution in [0.5, 0.6) is 0 Å². The van der Waals surface area contributed by atoms with Gasteiger partial charge in [-0.3, -0.25) is 19.6 Å². The third kappa shape index (κ3) is 1.37. The molecular formula is C18H11N3O2. The lowest BCUT2D eigenvalue weighted by molar-refractivity contribution is -0.126. The lowest BCUT2D eigenvalue weighted by Gasteiger charge is -2.48. The number of rotatable bonds is 0. The third-order valence-electron chi connectivity index (χ3n) is 4.72. The van der Waals surface area contributed by atoms with Crippen molar-refractivity contribution in [3.05, 3.63) is 60.7 Å². The minimum atomic E-state index is -0.951. The molecule has 0 bridgehead atoms. The molecule has 0 radical (unpaired) electrons. The fourth-order valence-corrected chi connectivity index (χ4v) is 3.79. The normalized spacial score (nSPS) is 24.5. The molecule has 1 aliphatic carbocycles. The minimum Gasteiger partial charge on any atom is -0.325 e. The quantitative estimate of drug-likeness (QED) is 0.698. The molecule has 5 rings (SSSR count). The molecule has 3 aliphatic rings. The number of carbonyl (C=O) groups is 2. The van der Waals surface area contributed by atoms with E-state index >= 15 is 0 Å². The Morgan fingerprint density at radius 3 is 3.00 bits per heavy atom. The van der Waals surface area contributed by atoms with Crippen molar-refractivity contribution in [3.63, 3.8) is 0 Å². The molecular weight excluding hydrogens is 290 g/mol. The number of anilines is 1. The van der Waals surface area contributed by atoms with E-state index in [1.54, 1.807) is 24.7 Å². The summed E-state index contributed by atoms with van der Waals surface area (Å²) in [5.74, 6) is -0.263. The van der Waals surface area contributed by atoms with Gasteiger partial charge in [0.25, 0.3) is 0 Å². The second-order valence-electron chi connectivity index (χ2n) is 5.87. The first-order chi connectivity index (χ1) is 11.2. The first-order valence-corrected chi connectivity index (χ1v) is 7.38. The van der Waals surface area contributed by atoms with Gasteiger partial charge < -0.3 is 4.90 Å². The highest BCUT2D eigenvalue weighted by Crippen LogP contribution is 2.50. The molecule has 0 saturated carbocycles. The molecule has 1 unspecified atom stereocenters. The molecule has 4 heterocycles. The summed E-state index contributed by atoms with van der Waals surface area (Å²) in [5.41, 5.74) is 2.25. The van der Waals surface area contributed by atoms with E-state index in [1.807, 2.05) is 35.4 Å². The molecule has 0 fully saturated rings. The zero-order chi connectivity index (χ0) is 15.6. The van der Waals surface area contributed by atoms with Gasteiger partial charge in [0.05, 0.1) is 30.0 Å². The predicted molar refractivity (Wildman–Crippen MR) is 85.6 cm³/mol. The van der Waals surface area contributed by atoms with Crippen LogP contribution in [0.4, 0.5) is 5.69 Å². The molecule has 1 spiro atoms. The molecule has 1 atom stereocenters. The fraction of sp³-hybridized carbons (Fsp3) is 0.111. The highest BCUT2D eigenvalue weighted by molar-refractivity contribution is 6.27. The summed E-state index contributed by atoms with van der Waals surface area (Å²) in [6.07, 6.45) is 14.1. The smallest absolute Gasteiger partial charge is 0.175 e. The van der Waals surface area contributed by atoms with Crippen molar-refractivity contribution in [3.8, 4) is 0 Å². The third-order valence-corrected chi connectivity index (χ3v) is 4.72. The topological polar surface area (TPSA) is 63.2 Å². The number of ketones is 2. The largest absolute Gasteiger partial charge is 0.325 e. The predicted octanol–water partition coefficient (Wildman–Crippen LogP) is 2.20. The van der Waals surface area contributed by atoms with Gasteiger partial charge in [-0.1, -0.05) is 6.08 Å². The van der Waals surface area contributed by atoms with Crippen molar-refractivity contribution < 1.29 is 9.59 Å². The van der Waals surface area contributed by atoms with Crippen LogP contribution >= 0.6 is 0 Å². The first-order valence-electron chi connectivity index (χ1n) is 7.38. The lowest BCUT2D eigenvalue weighted by Crippen LogP contribution is -2.56. The average molecular weight is 301 g/mol. The highest BCUT2D eigenvalue weighted by Gasteiger charge is 2.51. The molecule has 2 aliphatic heterocycles. The van der Waals surface area contributed by atoms with E-state index in [2.05, 4.69) is 9.97 Å². The molecule has 0 aromatic carbocycles. The fourth-order valence-electron chi connectivity index (χ4n) is 3.79. The summed E-state index contributed by atoms with van der Waals surface area (Å²) in [7, 11) is 0.